The molecule has 2 heteroatoms. The van der Waals surface area contributed by atoms with Crippen molar-refractivity contribution in [3.8, 4) is 0 Å². The van der Waals surface area contributed by atoms with E-state index in [0.717, 1.165) is 18.5 Å². The molecule has 0 saturated carbocycles. The van der Waals surface area contributed by atoms with Gasteiger partial charge in [0.05, 0.1) is 5.69 Å². The predicted molar refractivity (Wildman–Crippen MR) is 256 cm³/mol. The Kier molecular flexibility index (Phi) is 41.5. The third kappa shape index (κ3) is 35.1. The Morgan fingerprint density at radius 1 is 0.316 bits per heavy atom. The van der Waals surface area contributed by atoms with Crippen molar-refractivity contribution in [3.63, 3.8) is 0 Å². The predicted octanol–water partition coefficient (Wildman–Crippen LogP) is 19.7. The lowest BCUT2D eigenvalue weighted by atomic mass is 9.93. The maximum Gasteiger partial charge on any atom is 0.240 e. The lowest BCUT2D eigenvalue weighted by Gasteiger charge is -2.14. The summed E-state index contributed by atoms with van der Waals surface area (Å²) in [5.41, 5.74) is 5.10. The average Bonchev–Trinajstić information content (AvgIpc) is 3.22. The molecule has 0 bridgehead atoms. The van der Waals surface area contributed by atoms with Crippen molar-refractivity contribution in [2.75, 3.05) is 0 Å². The Morgan fingerprint density at radius 2 is 0.526 bits per heavy atom. The van der Waals surface area contributed by atoms with Gasteiger partial charge < -0.3 is 0 Å². The summed E-state index contributed by atoms with van der Waals surface area (Å²) in [6.07, 6.45) is 63.7. The first-order chi connectivity index (χ1) is 28.3. The Morgan fingerprint density at radius 3 is 0.754 bits per heavy atom. The monoisotopic (exact) mass is 792 g/mol. The number of carbonyl (C=O) groups excluding carboxylic acids is 1. The van der Waals surface area contributed by atoms with E-state index in [-0.39, 0.29) is 0 Å². The summed E-state index contributed by atoms with van der Waals surface area (Å²) in [6, 6.07) is 4.85. The number of hydrogen-bond donors (Lipinski definition) is 0. The molecule has 332 valence electrons. The van der Waals surface area contributed by atoms with Crippen molar-refractivity contribution in [2.45, 2.75) is 310 Å². The molecule has 0 heterocycles. The zero-order valence-corrected chi connectivity index (χ0v) is 39.3. The molecule has 1 aromatic carbocycles. The molecular formula is C55H101NO. The molecule has 0 radical (unpaired) electrons. The third-order valence-electron chi connectivity index (χ3n) is 12.9. The van der Waals surface area contributed by atoms with Crippen molar-refractivity contribution < 1.29 is 4.79 Å². The van der Waals surface area contributed by atoms with Crippen molar-refractivity contribution in [2.24, 2.45) is 4.99 Å². The minimum Gasteiger partial charge on any atom is -0.211 e. The molecule has 57 heavy (non-hydrogen) atoms. The first kappa shape index (κ1) is 53.6. The first-order valence-electron chi connectivity index (χ1n) is 26.5. The highest BCUT2D eigenvalue weighted by molar-refractivity contribution is 5.60. The highest BCUT2D eigenvalue weighted by Crippen LogP contribution is 2.31. The standard InChI is InChI=1S/C55H101NO/c1-4-7-10-13-16-19-22-25-28-31-34-37-40-43-46-52-49-53(47-44-41-38-35-32-29-26-23-20-17-14-11-8-5-2)55(56-51-57)54(50-52)48-45-42-39-36-33-30-27-24-21-18-15-12-9-6-3/h49-50H,4-48H2,1-3H3. The Bertz CT molecular complexity index is 955. The quantitative estimate of drug-likeness (QED) is 0.0367. The van der Waals surface area contributed by atoms with Gasteiger partial charge in [-0.2, -0.15) is 4.99 Å². The molecule has 0 saturated heterocycles. The molecule has 1 aromatic rings. The summed E-state index contributed by atoms with van der Waals surface area (Å²) in [5, 5.41) is 0. The lowest BCUT2D eigenvalue weighted by Crippen LogP contribution is -1.98. The SMILES string of the molecule is CCCCCCCCCCCCCCCCc1cc(CCCCCCCCCCCCCCCC)c(N=C=O)c(CCCCCCCCCCCCCCCC)c1. The molecule has 0 aromatic heterocycles. The van der Waals surface area contributed by atoms with Crippen molar-refractivity contribution in [1.82, 2.24) is 0 Å². The van der Waals surface area contributed by atoms with Gasteiger partial charge in [0.2, 0.25) is 6.08 Å². The highest BCUT2D eigenvalue weighted by Gasteiger charge is 2.12. The van der Waals surface area contributed by atoms with E-state index in [9.17, 15) is 4.79 Å². The van der Waals surface area contributed by atoms with Crippen LogP contribution in [0.3, 0.4) is 0 Å². The second kappa shape index (κ2) is 44.2. The van der Waals surface area contributed by atoms with E-state index in [2.05, 4.69) is 37.9 Å². The number of aliphatic imine (C=N–C) groups is 1. The van der Waals surface area contributed by atoms with Crippen LogP contribution in [0.15, 0.2) is 17.1 Å². The molecule has 0 unspecified atom stereocenters. The van der Waals surface area contributed by atoms with Crippen LogP contribution < -0.4 is 0 Å². The average molecular weight is 792 g/mol. The largest absolute Gasteiger partial charge is 0.240 e. The molecule has 0 aliphatic carbocycles. The van der Waals surface area contributed by atoms with E-state index in [1.54, 1.807) is 0 Å². The van der Waals surface area contributed by atoms with E-state index in [0.29, 0.717) is 0 Å². The number of hydrogen-bond acceptors (Lipinski definition) is 2. The first-order valence-corrected chi connectivity index (χ1v) is 26.5. The van der Waals surface area contributed by atoms with Crippen LogP contribution >= 0.6 is 0 Å². The molecule has 0 fully saturated rings. The summed E-state index contributed by atoms with van der Waals surface area (Å²) in [4.78, 5) is 16.1. The van der Waals surface area contributed by atoms with Crippen LogP contribution in [0.25, 0.3) is 0 Å². The Hall–Kier alpha value is -1.40. The number of unbranched alkanes of at least 4 members (excludes halogenated alkanes) is 39. The minimum absolute atomic E-state index is 0.971. The highest BCUT2D eigenvalue weighted by atomic mass is 16.1. The van der Waals surface area contributed by atoms with Gasteiger partial charge in [-0.15, -0.1) is 0 Å². The van der Waals surface area contributed by atoms with Gasteiger partial charge in [-0.25, -0.2) is 4.79 Å². The van der Waals surface area contributed by atoms with Crippen LogP contribution in [0.5, 0.6) is 0 Å². The van der Waals surface area contributed by atoms with Crippen molar-refractivity contribution in [3.05, 3.63) is 28.8 Å². The summed E-state index contributed by atoms with van der Waals surface area (Å²) < 4.78 is 0. The second-order valence-corrected chi connectivity index (χ2v) is 18.5. The van der Waals surface area contributed by atoms with Gasteiger partial charge in [0.25, 0.3) is 0 Å². The van der Waals surface area contributed by atoms with Gasteiger partial charge in [-0.3, -0.25) is 0 Å². The molecule has 0 spiro atoms. The van der Waals surface area contributed by atoms with Crippen molar-refractivity contribution in [1.29, 1.82) is 0 Å². The Balaban J connectivity index is 2.49. The van der Waals surface area contributed by atoms with Crippen LogP contribution in [-0.2, 0) is 24.1 Å². The molecule has 0 atom stereocenters. The summed E-state index contributed by atoms with van der Waals surface area (Å²) >= 11 is 0. The van der Waals surface area contributed by atoms with Crippen LogP contribution in [-0.4, -0.2) is 6.08 Å². The lowest BCUT2D eigenvalue weighted by molar-refractivity contribution is 0.534. The fraction of sp³-hybridized carbons (Fsp3) is 0.873. The topological polar surface area (TPSA) is 29.4 Å². The number of rotatable bonds is 46. The van der Waals surface area contributed by atoms with E-state index >= 15 is 0 Å². The minimum atomic E-state index is 0.971. The number of nitrogens with zero attached hydrogens (tertiary/aromatic N) is 1. The summed E-state index contributed by atoms with van der Waals surface area (Å²) in [5.74, 6) is 0. The van der Waals surface area contributed by atoms with Crippen LogP contribution in [0.1, 0.15) is 307 Å². The maximum atomic E-state index is 11.7. The van der Waals surface area contributed by atoms with Crippen LogP contribution in [0, 0.1) is 0 Å². The zero-order chi connectivity index (χ0) is 41.0. The van der Waals surface area contributed by atoms with Crippen LogP contribution in [0.2, 0.25) is 0 Å². The molecule has 0 aliphatic heterocycles. The number of benzene rings is 1. The van der Waals surface area contributed by atoms with E-state index in [1.165, 1.54) is 293 Å². The molecular weight excluding hydrogens is 691 g/mol. The smallest absolute Gasteiger partial charge is 0.211 e. The molecule has 0 aliphatic rings. The fourth-order valence-corrected chi connectivity index (χ4v) is 9.09. The van der Waals surface area contributed by atoms with E-state index in [4.69, 9.17) is 0 Å². The molecule has 2 nitrogen and oxygen atoms in total. The van der Waals surface area contributed by atoms with E-state index in [1.807, 2.05) is 6.08 Å². The second-order valence-electron chi connectivity index (χ2n) is 18.5. The van der Waals surface area contributed by atoms with Gasteiger partial charge in [0.1, 0.15) is 0 Å². The van der Waals surface area contributed by atoms with Gasteiger partial charge in [-0.05, 0) is 55.2 Å². The summed E-state index contributed by atoms with van der Waals surface area (Å²) in [7, 11) is 0. The van der Waals surface area contributed by atoms with Gasteiger partial charge in [-0.1, -0.05) is 283 Å². The van der Waals surface area contributed by atoms with Gasteiger partial charge >= 0.3 is 0 Å². The van der Waals surface area contributed by atoms with Crippen molar-refractivity contribution >= 4 is 11.8 Å². The van der Waals surface area contributed by atoms with Crippen LogP contribution in [0.4, 0.5) is 5.69 Å². The summed E-state index contributed by atoms with van der Waals surface area (Å²) in [6.45, 7) is 6.91. The third-order valence-corrected chi connectivity index (χ3v) is 12.9. The number of isocyanates is 1. The van der Waals surface area contributed by atoms with Gasteiger partial charge in [0.15, 0.2) is 0 Å². The van der Waals surface area contributed by atoms with Gasteiger partial charge in [0, 0.05) is 0 Å². The van der Waals surface area contributed by atoms with E-state index < -0.39 is 0 Å². The zero-order valence-electron chi connectivity index (χ0n) is 39.3. The molecule has 0 N–H and O–H groups in total. The maximum absolute atomic E-state index is 11.7. The number of aryl methyl sites for hydroxylation is 3. The molecule has 1 rings (SSSR count). The Labute approximate surface area is 358 Å². The fourth-order valence-electron chi connectivity index (χ4n) is 9.09. The molecule has 0 amide bonds. The normalized spacial score (nSPS) is 11.4.